The summed E-state index contributed by atoms with van der Waals surface area (Å²) in [4.78, 5) is 2.42. The molecule has 0 amide bonds. The number of hydrogen-bond acceptors (Lipinski definition) is 2. The van der Waals surface area contributed by atoms with Crippen LogP contribution in [0.2, 0.25) is 0 Å². The van der Waals surface area contributed by atoms with Gasteiger partial charge in [-0.3, -0.25) is 0 Å². The standard InChI is InChI=1S/C64H42N2S/c1-2-16-43(17-3-1)44-32-36-47(37-33-44)65(48-38-34-46(35-39-48)51-25-14-19-45-18-4-5-20-50(45)51)49-40-41-52(59(42-49)58-27-15-26-57-56-24-9-13-31-63(56)67-64(57)58)53-21-6-10-28-60(53)66-61-29-11-7-22-54(61)55-23-8-12-30-62(55)66/h1-42H. The van der Waals surface area contributed by atoms with Crippen LogP contribution in [0.1, 0.15) is 0 Å². The van der Waals surface area contributed by atoms with E-state index in [0.29, 0.717) is 0 Å². The first-order valence-electron chi connectivity index (χ1n) is 22.9. The van der Waals surface area contributed by atoms with E-state index in [1.54, 1.807) is 0 Å². The first-order valence-corrected chi connectivity index (χ1v) is 23.7. The summed E-state index contributed by atoms with van der Waals surface area (Å²) >= 11 is 1.88. The van der Waals surface area contributed by atoms with Crippen molar-refractivity contribution in [1.29, 1.82) is 0 Å². The smallest absolute Gasteiger partial charge is 0.0541 e. The lowest BCUT2D eigenvalue weighted by Gasteiger charge is -2.27. The number of thiophene rings is 1. The summed E-state index contributed by atoms with van der Waals surface area (Å²) in [5, 5.41) is 7.56. The fourth-order valence-corrected chi connectivity index (χ4v) is 11.5. The molecule has 0 aliphatic rings. The quantitative estimate of drug-likeness (QED) is 0.148. The number of hydrogen-bond donors (Lipinski definition) is 0. The lowest BCUT2D eigenvalue weighted by atomic mass is 9.91. The van der Waals surface area contributed by atoms with Crippen LogP contribution in [-0.2, 0) is 0 Å². The summed E-state index contributed by atoms with van der Waals surface area (Å²) in [7, 11) is 0. The molecule has 314 valence electrons. The Kier molecular flexibility index (Phi) is 9.40. The fraction of sp³-hybridized carbons (Fsp3) is 0. The third-order valence-electron chi connectivity index (χ3n) is 13.4. The number of para-hydroxylation sites is 3. The van der Waals surface area contributed by atoms with Crippen molar-refractivity contribution in [3.63, 3.8) is 0 Å². The Morgan fingerprint density at radius 2 is 0.821 bits per heavy atom. The predicted octanol–water partition coefficient (Wildman–Crippen LogP) is 18.4. The van der Waals surface area contributed by atoms with Gasteiger partial charge in [0.1, 0.15) is 0 Å². The van der Waals surface area contributed by atoms with Gasteiger partial charge < -0.3 is 9.47 Å². The van der Waals surface area contributed by atoms with E-state index in [-0.39, 0.29) is 0 Å². The molecule has 0 saturated carbocycles. The maximum atomic E-state index is 2.45. The van der Waals surface area contributed by atoms with E-state index < -0.39 is 0 Å². The number of aromatic nitrogens is 1. The molecule has 0 atom stereocenters. The van der Waals surface area contributed by atoms with E-state index in [9.17, 15) is 0 Å². The summed E-state index contributed by atoms with van der Waals surface area (Å²) in [6.07, 6.45) is 0. The maximum Gasteiger partial charge on any atom is 0.0541 e. The third-order valence-corrected chi connectivity index (χ3v) is 14.6. The second-order valence-corrected chi connectivity index (χ2v) is 18.3. The average molecular weight is 871 g/mol. The minimum atomic E-state index is 1.08. The molecule has 0 bridgehead atoms. The Hall–Kier alpha value is -8.50. The molecule has 0 aliphatic heterocycles. The van der Waals surface area contributed by atoms with Crippen molar-refractivity contribution >= 4 is 81.1 Å². The largest absolute Gasteiger partial charge is 0.310 e. The number of nitrogens with zero attached hydrogens (tertiary/aromatic N) is 2. The highest BCUT2D eigenvalue weighted by Gasteiger charge is 2.22. The zero-order valence-corrected chi connectivity index (χ0v) is 37.4. The van der Waals surface area contributed by atoms with Crippen LogP contribution >= 0.6 is 11.3 Å². The summed E-state index contributed by atoms with van der Waals surface area (Å²) in [5.74, 6) is 0. The zero-order valence-electron chi connectivity index (χ0n) is 36.6. The lowest BCUT2D eigenvalue weighted by Crippen LogP contribution is -2.10. The lowest BCUT2D eigenvalue weighted by molar-refractivity contribution is 1.18. The molecule has 0 N–H and O–H groups in total. The molecule has 0 aliphatic carbocycles. The van der Waals surface area contributed by atoms with Crippen molar-refractivity contribution in [2.45, 2.75) is 0 Å². The van der Waals surface area contributed by atoms with Crippen molar-refractivity contribution in [3.8, 4) is 50.2 Å². The van der Waals surface area contributed by atoms with E-state index in [4.69, 9.17) is 0 Å². The van der Waals surface area contributed by atoms with Gasteiger partial charge in [-0.25, -0.2) is 0 Å². The molecule has 0 unspecified atom stereocenters. The third kappa shape index (κ3) is 6.63. The van der Waals surface area contributed by atoms with Gasteiger partial charge >= 0.3 is 0 Å². The highest BCUT2D eigenvalue weighted by molar-refractivity contribution is 7.26. The molecule has 0 spiro atoms. The molecule has 0 fully saturated rings. The molecule has 11 aromatic carbocycles. The highest BCUT2D eigenvalue weighted by Crippen LogP contribution is 2.48. The summed E-state index contributed by atoms with van der Waals surface area (Å²) < 4.78 is 5.03. The van der Waals surface area contributed by atoms with Gasteiger partial charge in [0.25, 0.3) is 0 Å². The minimum Gasteiger partial charge on any atom is -0.310 e. The molecule has 2 aromatic heterocycles. The Balaban J connectivity index is 1.04. The van der Waals surface area contributed by atoms with Crippen LogP contribution in [0.25, 0.3) is 103 Å². The first-order chi connectivity index (χ1) is 33.2. The SMILES string of the molecule is c1ccc(-c2ccc(N(c3ccc(-c4cccc5ccccc45)cc3)c3ccc(-c4ccccc4-n4c5ccccc5c5ccccc54)c(-c4cccc5c4sc4ccccc45)c3)cc2)cc1. The van der Waals surface area contributed by atoms with Crippen molar-refractivity contribution in [3.05, 3.63) is 255 Å². The van der Waals surface area contributed by atoms with Gasteiger partial charge in [-0.05, 0) is 105 Å². The van der Waals surface area contributed by atoms with Crippen molar-refractivity contribution in [1.82, 2.24) is 4.57 Å². The van der Waals surface area contributed by atoms with Crippen LogP contribution in [0, 0.1) is 0 Å². The summed E-state index contributed by atoms with van der Waals surface area (Å²) in [6, 6.07) is 93.3. The van der Waals surface area contributed by atoms with Crippen molar-refractivity contribution in [2.24, 2.45) is 0 Å². The maximum absolute atomic E-state index is 2.45. The van der Waals surface area contributed by atoms with Gasteiger partial charge in [0, 0.05) is 59.1 Å². The number of rotatable bonds is 8. The Morgan fingerprint density at radius 1 is 0.299 bits per heavy atom. The molecule has 2 nitrogen and oxygen atoms in total. The number of benzene rings is 11. The molecule has 2 heterocycles. The average Bonchev–Trinajstić information content (AvgIpc) is 3.95. The van der Waals surface area contributed by atoms with Crippen LogP contribution in [0.4, 0.5) is 17.1 Å². The second kappa shape index (κ2) is 16.2. The van der Waals surface area contributed by atoms with E-state index in [2.05, 4.69) is 264 Å². The molecular formula is C64H42N2S. The summed E-state index contributed by atoms with van der Waals surface area (Å²) in [6.45, 7) is 0. The Labute approximate surface area is 393 Å². The van der Waals surface area contributed by atoms with Gasteiger partial charge in [-0.2, -0.15) is 0 Å². The van der Waals surface area contributed by atoms with Gasteiger partial charge in [0.15, 0.2) is 0 Å². The molecule has 13 rings (SSSR count). The van der Waals surface area contributed by atoms with Crippen molar-refractivity contribution in [2.75, 3.05) is 4.90 Å². The first kappa shape index (κ1) is 38.9. The van der Waals surface area contributed by atoms with Crippen LogP contribution in [0.3, 0.4) is 0 Å². The molecule has 67 heavy (non-hydrogen) atoms. The highest BCUT2D eigenvalue weighted by atomic mass is 32.1. The Bertz CT molecular complexity index is 3910. The van der Waals surface area contributed by atoms with Crippen LogP contribution in [0.5, 0.6) is 0 Å². The van der Waals surface area contributed by atoms with E-state index >= 15 is 0 Å². The number of anilines is 3. The van der Waals surface area contributed by atoms with Gasteiger partial charge in [-0.15, -0.1) is 11.3 Å². The predicted molar refractivity (Wildman–Crippen MR) is 288 cm³/mol. The molecule has 3 heteroatoms. The van der Waals surface area contributed by atoms with Crippen LogP contribution in [-0.4, -0.2) is 4.57 Å². The Morgan fingerprint density at radius 3 is 1.58 bits per heavy atom. The van der Waals surface area contributed by atoms with E-state index in [0.717, 1.165) is 22.7 Å². The molecule has 13 aromatic rings. The van der Waals surface area contributed by atoms with E-state index in [1.807, 2.05) is 11.3 Å². The van der Waals surface area contributed by atoms with Crippen molar-refractivity contribution < 1.29 is 0 Å². The van der Waals surface area contributed by atoms with E-state index in [1.165, 1.54) is 97.3 Å². The zero-order chi connectivity index (χ0) is 44.3. The monoisotopic (exact) mass is 870 g/mol. The molecular weight excluding hydrogens is 829 g/mol. The van der Waals surface area contributed by atoms with Crippen LogP contribution in [0.15, 0.2) is 255 Å². The topological polar surface area (TPSA) is 8.17 Å². The van der Waals surface area contributed by atoms with Crippen LogP contribution < -0.4 is 4.90 Å². The van der Waals surface area contributed by atoms with Gasteiger partial charge in [0.2, 0.25) is 0 Å². The second-order valence-electron chi connectivity index (χ2n) is 17.2. The summed E-state index contributed by atoms with van der Waals surface area (Å²) in [5.41, 5.74) is 16.3. The minimum absolute atomic E-state index is 1.08. The molecule has 0 radical (unpaired) electrons. The fourth-order valence-electron chi connectivity index (χ4n) is 10.3. The van der Waals surface area contributed by atoms with Gasteiger partial charge in [0.05, 0.1) is 16.7 Å². The van der Waals surface area contributed by atoms with Gasteiger partial charge in [-0.1, -0.05) is 194 Å². The molecule has 0 saturated heterocycles. The number of fused-ring (bicyclic) bond motifs is 7. The normalized spacial score (nSPS) is 11.6.